The fourth-order valence-electron chi connectivity index (χ4n) is 1.45. The molecule has 1 rings (SSSR count). The van der Waals surface area contributed by atoms with Crippen LogP contribution < -0.4 is 5.32 Å². The Morgan fingerprint density at radius 3 is 2.45 bits per heavy atom. The van der Waals surface area contributed by atoms with Crippen LogP contribution in [0.2, 0.25) is 5.02 Å². The van der Waals surface area contributed by atoms with Gasteiger partial charge in [0.25, 0.3) is 5.91 Å². The maximum atomic E-state index is 11.8. The van der Waals surface area contributed by atoms with E-state index in [2.05, 4.69) is 5.32 Å². The van der Waals surface area contributed by atoms with Gasteiger partial charge in [-0.05, 0) is 18.2 Å². The molecule has 6 nitrogen and oxygen atoms in total. The Balaban J connectivity index is 2.84. The van der Waals surface area contributed by atoms with Crippen molar-refractivity contribution in [2.24, 2.45) is 0 Å². The number of nitrogens with zero attached hydrogens (tertiary/aromatic N) is 1. The van der Waals surface area contributed by atoms with E-state index in [0.29, 0.717) is 5.56 Å². The van der Waals surface area contributed by atoms with Crippen molar-refractivity contribution in [3.63, 3.8) is 0 Å². The number of carbonyl (C=O) groups excluding carboxylic acids is 2. The topological polar surface area (TPSA) is 86.7 Å². The third kappa shape index (κ3) is 4.55. The zero-order valence-corrected chi connectivity index (χ0v) is 11.9. The van der Waals surface area contributed by atoms with Crippen molar-refractivity contribution in [2.45, 2.75) is 12.8 Å². The number of hydrogen-bond donors (Lipinski definition) is 2. The summed E-state index contributed by atoms with van der Waals surface area (Å²) in [6.07, 6.45) is -0.419. The Bertz CT molecular complexity index is 543. The Kier molecular flexibility index (Phi) is 5.52. The summed E-state index contributed by atoms with van der Waals surface area (Å²) in [4.78, 5) is 35.1. The van der Waals surface area contributed by atoms with Gasteiger partial charge in [-0.3, -0.25) is 14.4 Å². The Labute approximate surface area is 121 Å². The SMILES string of the molecule is CN(C)C(=O)c1ccc(Cl)c(NC(=O)CCC(=O)O)c1. The number of nitrogens with one attached hydrogen (secondary N) is 1. The van der Waals surface area contributed by atoms with Gasteiger partial charge in [-0.1, -0.05) is 11.6 Å². The Morgan fingerprint density at radius 2 is 1.90 bits per heavy atom. The van der Waals surface area contributed by atoms with E-state index in [-0.39, 0.29) is 29.5 Å². The van der Waals surface area contributed by atoms with Gasteiger partial charge in [-0.25, -0.2) is 0 Å². The molecule has 0 saturated carbocycles. The fraction of sp³-hybridized carbons (Fsp3) is 0.308. The van der Waals surface area contributed by atoms with Crippen molar-refractivity contribution in [3.8, 4) is 0 Å². The summed E-state index contributed by atoms with van der Waals surface area (Å²) in [5.41, 5.74) is 0.669. The molecule has 0 aliphatic rings. The number of amides is 2. The van der Waals surface area contributed by atoms with Crippen LogP contribution in [-0.2, 0) is 9.59 Å². The van der Waals surface area contributed by atoms with Crippen LogP contribution in [0.25, 0.3) is 0 Å². The molecule has 0 aliphatic carbocycles. The van der Waals surface area contributed by atoms with Gasteiger partial charge in [0.05, 0.1) is 17.1 Å². The number of carboxylic acids is 1. The van der Waals surface area contributed by atoms with Gasteiger partial charge in [0.2, 0.25) is 5.91 Å². The second-order valence-corrected chi connectivity index (χ2v) is 4.74. The number of carboxylic acid groups (broad SMARTS) is 1. The number of benzene rings is 1. The smallest absolute Gasteiger partial charge is 0.303 e. The number of hydrogen-bond acceptors (Lipinski definition) is 3. The number of anilines is 1. The molecule has 0 spiro atoms. The van der Waals surface area contributed by atoms with E-state index in [1.54, 1.807) is 20.2 Å². The zero-order valence-electron chi connectivity index (χ0n) is 11.1. The van der Waals surface area contributed by atoms with E-state index in [0.717, 1.165) is 0 Å². The molecule has 1 aromatic carbocycles. The zero-order chi connectivity index (χ0) is 15.3. The van der Waals surface area contributed by atoms with Gasteiger partial charge in [-0.15, -0.1) is 0 Å². The molecule has 0 aliphatic heterocycles. The summed E-state index contributed by atoms with van der Waals surface area (Å²) in [5, 5.41) is 11.3. The maximum Gasteiger partial charge on any atom is 0.303 e. The Morgan fingerprint density at radius 1 is 1.25 bits per heavy atom. The highest BCUT2D eigenvalue weighted by molar-refractivity contribution is 6.33. The number of rotatable bonds is 5. The lowest BCUT2D eigenvalue weighted by atomic mass is 10.1. The minimum Gasteiger partial charge on any atom is -0.481 e. The van der Waals surface area contributed by atoms with Crippen molar-refractivity contribution in [1.29, 1.82) is 0 Å². The molecule has 2 amide bonds. The van der Waals surface area contributed by atoms with E-state index >= 15 is 0 Å². The maximum absolute atomic E-state index is 11.8. The van der Waals surface area contributed by atoms with Crippen molar-refractivity contribution in [2.75, 3.05) is 19.4 Å². The van der Waals surface area contributed by atoms with Crippen LogP contribution >= 0.6 is 11.6 Å². The van der Waals surface area contributed by atoms with E-state index in [1.807, 2.05) is 0 Å². The molecule has 7 heteroatoms. The predicted molar refractivity (Wildman–Crippen MR) is 75.0 cm³/mol. The van der Waals surface area contributed by atoms with Crippen LogP contribution in [0.3, 0.4) is 0 Å². The highest BCUT2D eigenvalue weighted by atomic mass is 35.5. The first-order chi connectivity index (χ1) is 9.31. The van der Waals surface area contributed by atoms with E-state index in [9.17, 15) is 14.4 Å². The molecule has 1 aromatic rings. The molecule has 0 saturated heterocycles. The molecule has 0 atom stereocenters. The van der Waals surface area contributed by atoms with Gasteiger partial charge in [0.1, 0.15) is 0 Å². The third-order valence-corrected chi connectivity index (χ3v) is 2.79. The van der Waals surface area contributed by atoms with Crippen molar-refractivity contribution in [3.05, 3.63) is 28.8 Å². The summed E-state index contributed by atoms with van der Waals surface area (Å²) in [6.45, 7) is 0. The summed E-state index contributed by atoms with van der Waals surface area (Å²) < 4.78 is 0. The van der Waals surface area contributed by atoms with E-state index in [4.69, 9.17) is 16.7 Å². The number of aliphatic carboxylic acids is 1. The van der Waals surface area contributed by atoms with Crippen LogP contribution in [0.4, 0.5) is 5.69 Å². The predicted octanol–water partition coefficient (Wildman–Crippen LogP) is 1.85. The molecule has 20 heavy (non-hydrogen) atoms. The average Bonchev–Trinajstić information content (AvgIpc) is 2.38. The molecular formula is C13H15ClN2O4. The van der Waals surface area contributed by atoms with Crippen LogP contribution in [0.5, 0.6) is 0 Å². The molecule has 0 fully saturated rings. The summed E-state index contributed by atoms with van der Waals surface area (Å²) in [6, 6.07) is 4.52. The quantitative estimate of drug-likeness (QED) is 0.868. The number of halogens is 1. The number of carbonyl (C=O) groups is 3. The monoisotopic (exact) mass is 298 g/mol. The Hall–Kier alpha value is -2.08. The minimum absolute atomic E-state index is 0.155. The lowest BCUT2D eigenvalue weighted by molar-refractivity contribution is -0.138. The standard InChI is InChI=1S/C13H15ClN2O4/c1-16(2)13(20)8-3-4-9(14)10(7-8)15-11(17)5-6-12(18)19/h3-4,7H,5-6H2,1-2H3,(H,15,17)(H,18,19). The largest absolute Gasteiger partial charge is 0.481 e. The van der Waals surface area contributed by atoms with Crippen molar-refractivity contribution in [1.82, 2.24) is 4.90 Å². The van der Waals surface area contributed by atoms with Gasteiger partial charge in [0, 0.05) is 26.1 Å². The van der Waals surface area contributed by atoms with Crippen molar-refractivity contribution >= 4 is 35.1 Å². The van der Waals surface area contributed by atoms with Crippen LogP contribution in [-0.4, -0.2) is 41.9 Å². The second kappa shape index (κ2) is 6.91. The lowest BCUT2D eigenvalue weighted by Gasteiger charge is -2.12. The first kappa shape index (κ1) is 16.0. The lowest BCUT2D eigenvalue weighted by Crippen LogP contribution is -2.22. The summed E-state index contributed by atoms with van der Waals surface area (Å²) in [7, 11) is 3.23. The molecule has 0 radical (unpaired) electrons. The summed E-state index contributed by atoms with van der Waals surface area (Å²) in [5.74, 6) is -1.74. The average molecular weight is 299 g/mol. The molecule has 0 bridgehead atoms. The first-order valence-electron chi connectivity index (χ1n) is 5.84. The van der Waals surface area contributed by atoms with Crippen LogP contribution in [0.15, 0.2) is 18.2 Å². The molecule has 0 aromatic heterocycles. The molecular weight excluding hydrogens is 284 g/mol. The molecule has 0 heterocycles. The highest BCUT2D eigenvalue weighted by Crippen LogP contribution is 2.23. The van der Waals surface area contributed by atoms with Gasteiger partial charge in [0.15, 0.2) is 0 Å². The summed E-state index contributed by atoms with van der Waals surface area (Å²) >= 11 is 5.93. The van der Waals surface area contributed by atoms with Crippen LogP contribution in [0.1, 0.15) is 23.2 Å². The first-order valence-corrected chi connectivity index (χ1v) is 6.22. The van der Waals surface area contributed by atoms with E-state index in [1.165, 1.54) is 17.0 Å². The normalized spacial score (nSPS) is 9.95. The van der Waals surface area contributed by atoms with E-state index < -0.39 is 11.9 Å². The highest BCUT2D eigenvalue weighted by Gasteiger charge is 2.13. The minimum atomic E-state index is -1.05. The molecule has 0 unspecified atom stereocenters. The fourth-order valence-corrected chi connectivity index (χ4v) is 1.61. The van der Waals surface area contributed by atoms with Gasteiger partial charge < -0.3 is 15.3 Å². The van der Waals surface area contributed by atoms with Crippen LogP contribution in [0, 0.1) is 0 Å². The molecule has 2 N–H and O–H groups in total. The van der Waals surface area contributed by atoms with Gasteiger partial charge in [-0.2, -0.15) is 0 Å². The third-order valence-electron chi connectivity index (χ3n) is 2.46. The molecule has 108 valence electrons. The van der Waals surface area contributed by atoms with Crippen molar-refractivity contribution < 1.29 is 19.5 Å². The second-order valence-electron chi connectivity index (χ2n) is 4.34. The van der Waals surface area contributed by atoms with Gasteiger partial charge >= 0.3 is 5.97 Å².